The van der Waals surface area contributed by atoms with Gasteiger partial charge in [-0.2, -0.15) is 0 Å². The number of rotatable bonds is 5. The van der Waals surface area contributed by atoms with Crippen molar-refractivity contribution in [3.63, 3.8) is 0 Å². The number of nitrogens with zero attached hydrogens (tertiary/aromatic N) is 4. The lowest BCUT2D eigenvalue weighted by molar-refractivity contribution is 0.549. The van der Waals surface area contributed by atoms with Gasteiger partial charge in [-0.25, -0.2) is 14.4 Å². The number of halogens is 1. The molecular weight excluding hydrogens is 269 g/mol. The number of hydrogen-bond acceptors (Lipinski definition) is 4. The summed E-state index contributed by atoms with van der Waals surface area (Å²) < 4.78 is 15.6. The zero-order valence-corrected chi connectivity index (χ0v) is 12.2. The van der Waals surface area contributed by atoms with Gasteiger partial charge < -0.3 is 14.8 Å². The largest absolute Gasteiger partial charge is 0.347 e. The molecule has 0 aliphatic carbocycles. The molecule has 2 aromatic rings. The molecule has 1 aliphatic heterocycles. The van der Waals surface area contributed by atoms with Crippen LogP contribution >= 0.6 is 0 Å². The van der Waals surface area contributed by atoms with Crippen LogP contribution in [0.1, 0.15) is 24.7 Å². The Bertz CT molecular complexity index is 610. The van der Waals surface area contributed by atoms with Crippen molar-refractivity contribution in [1.82, 2.24) is 19.9 Å². The molecule has 3 rings (SSSR count). The van der Waals surface area contributed by atoms with E-state index < -0.39 is 0 Å². The first kappa shape index (κ1) is 14.0. The molecule has 0 saturated carbocycles. The second kappa shape index (κ2) is 6.22. The average Bonchev–Trinajstić information content (AvgIpc) is 2.95. The van der Waals surface area contributed by atoms with Gasteiger partial charge in [-0.3, -0.25) is 0 Å². The van der Waals surface area contributed by atoms with Gasteiger partial charge in [-0.05, 0) is 19.0 Å². The lowest BCUT2D eigenvalue weighted by atomic mass is 10.2. The third kappa shape index (κ3) is 3.05. The van der Waals surface area contributed by atoms with Crippen molar-refractivity contribution < 1.29 is 4.39 Å². The van der Waals surface area contributed by atoms with E-state index in [1.165, 1.54) is 6.20 Å². The molecule has 0 bridgehead atoms. The molecule has 0 fully saturated rings. The van der Waals surface area contributed by atoms with Crippen LogP contribution in [0.2, 0.25) is 0 Å². The minimum atomic E-state index is -0.287. The molecule has 0 amide bonds. The van der Waals surface area contributed by atoms with Gasteiger partial charge in [-0.1, -0.05) is 6.92 Å². The van der Waals surface area contributed by atoms with Crippen LogP contribution in [0.4, 0.5) is 10.2 Å². The Balaban J connectivity index is 1.81. The number of pyridine rings is 1. The normalized spacial score (nSPS) is 14.3. The first-order valence-corrected chi connectivity index (χ1v) is 7.38. The summed E-state index contributed by atoms with van der Waals surface area (Å²) >= 11 is 0. The zero-order valence-electron chi connectivity index (χ0n) is 12.2. The predicted molar refractivity (Wildman–Crippen MR) is 79.5 cm³/mol. The van der Waals surface area contributed by atoms with Crippen LogP contribution in [-0.4, -0.2) is 27.6 Å². The van der Waals surface area contributed by atoms with Crippen LogP contribution in [0.3, 0.4) is 0 Å². The van der Waals surface area contributed by atoms with E-state index in [9.17, 15) is 4.39 Å². The number of aromatic nitrogens is 3. The number of hydrogen-bond donors (Lipinski definition) is 1. The summed E-state index contributed by atoms with van der Waals surface area (Å²) in [5.41, 5.74) is 0.906. The Labute approximate surface area is 123 Å². The fourth-order valence-electron chi connectivity index (χ4n) is 2.64. The molecule has 1 N–H and O–H groups in total. The van der Waals surface area contributed by atoms with Crippen LogP contribution in [0.25, 0.3) is 0 Å². The molecule has 0 saturated heterocycles. The van der Waals surface area contributed by atoms with E-state index in [0.717, 1.165) is 43.3 Å². The molecule has 5 nitrogen and oxygen atoms in total. The molecule has 0 unspecified atom stereocenters. The minimum absolute atomic E-state index is 0.287. The van der Waals surface area contributed by atoms with E-state index in [4.69, 9.17) is 0 Å². The minimum Gasteiger partial charge on any atom is -0.347 e. The van der Waals surface area contributed by atoms with Crippen molar-refractivity contribution in [2.45, 2.75) is 33.0 Å². The fourth-order valence-corrected chi connectivity index (χ4v) is 2.64. The molecule has 2 aromatic heterocycles. The second-order valence-electron chi connectivity index (χ2n) is 5.27. The van der Waals surface area contributed by atoms with Crippen LogP contribution in [0, 0.1) is 5.82 Å². The maximum absolute atomic E-state index is 13.5. The maximum atomic E-state index is 13.5. The van der Waals surface area contributed by atoms with E-state index in [0.29, 0.717) is 13.1 Å². The van der Waals surface area contributed by atoms with E-state index in [1.54, 1.807) is 6.07 Å². The van der Waals surface area contributed by atoms with Crippen molar-refractivity contribution in [2.24, 2.45) is 0 Å². The van der Waals surface area contributed by atoms with Gasteiger partial charge in [0.05, 0.1) is 12.7 Å². The van der Waals surface area contributed by atoms with Crippen LogP contribution in [-0.2, 0) is 19.6 Å². The average molecular weight is 289 g/mol. The number of fused-ring (bicyclic) bond motifs is 1. The summed E-state index contributed by atoms with van der Waals surface area (Å²) in [6, 6.07) is 1.58. The third-order valence-corrected chi connectivity index (χ3v) is 3.70. The van der Waals surface area contributed by atoms with Crippen molar-refractivity contribution in [3.05, 3.63) is 41.9 Å². The van der Waals surface area contributed by atoms with Gasteiger partial charge in [0.25, 0.3) is 0 Å². The summed E-state index contributed by atoms with van der Waals surface area (Å²) in [7, 11) is 0. The summed E-state index contributed by atoms with van der Waals surface area (Å²) in [4.78, 5) is 10.8. The smallest absolute Gasteiger partial charge is 0.141 e. The van der Waals surface area contributed by atoms with Gasteiger partial charge in [0.1, 0.15) is 17.5 Å². The van der Waals surface area contributed by atoms with Gasteiger partial charge in [0.15, 0.2) is 0 Å². The van der Waals surface area contributed by atoms with Crippen molar-refractivity contribution in [1.29, 1.82) is 0 Å². The van der Waals surface area contributed by atoms with Crippen molar-refractivity contribution in [2.75, 3.05) is 18.0 Å². The zero-order chi connectivity index (χ0) is 14.7. The summed E-state index contributed by atoms with van der Waals surface area (Å²) in [6.07, 6.45) is 6.16. The Morgan fingerprint density at radius 1 is 1.33 bits per heavy atom. The molecule has 0 spiro atoms. The highest BCUT2D eigenvalue weighted by atomic mass is 19.1. The highest BCUT2D eigenvalue weighted by molar-refractivity contribution is 5.47. The number of imidazole rings is 1. The van der Waals surface area contributed by atoms with E-state index in [-0.39, 0.29) is 5.82 Å². The Hall–Kier alpha value is -1.95. The SMILES string of the molecule is CCCNCc1cc(F)cnc1N1CCn2ccnc2C1. The predicted octanol–water partition coefficient (Wildman–Crippen LogP) is 1.94. The number of nitrogens with one attached hydrogen (secondary N) is 1. The van der Waals surface area contributed by atoms with Crippen molar-refractivity contribution >= 4 is 5.82 Å². The van der Waals surface area contributed by atoms with Gasteiger partial charge in [-0.15, -0.1) is 0 Å². The molecule has 3 heterocycles. The molecule has 0 radical (unpaired) electrons. The highest BCUT2D eigenvalue weighted by Crippen LogP contribution is 2.22. The highest BCUT2D eigenvalue weighted by Gasteiger charge is 2.20. The molecule has 6 heteroatoms. The lowest BCUT2D eigenvalue weighted by Gasteiger charge is -2.30. The summed E-state index contributed by atoms with van der Waals surface area (Å²) in [5.74, 6) is 1.60. The quantitative estimate of drug-likeness (QED) is 0.855. The van der Waals surface area contributed by atoms with E-state index >= 15 is 0 Å². The molecule has 0 atom stereocenters. The standard InChI is InChI=1S/C15H20FN5/c1-2-3-17-9-12-8-13(16)10-19-15(12)21-7-6-20-5-4-18-14(20)11-21/h4-5,8,10,17H,2-3,6-7,9,11H2,1H3. The maximum Gasteiger partial charge on any atom is 0.141 e. The molecular formula is C15H20FN5. The fraction of sp³-hybridized carbons (Fsp3) is 0.467. The van der Waals surface area contributed by atoms with E-state index in [1.807, 2.05) is 12.4 Å². The van der Waals surface area contributed by atoms with E-state index in [2.05, 4.69) is 31.7 Å². The number of anilines is 1. The van der Waals surface area contributed by atoms with Crippen molar-refractivity contribution in [3.8, 4) is 0 Å². The third-order valence-electron chi connectivity index (χ3n) is 3.70. The van der Waals surface area contributed by atoms with Crippen LogP contribution < -0.4 is 10.2 Å². The van der Waals surface area contributed by atoms with Crippen LogP contribution in [0.15, 0.2) is 24.7 Å². The summed E-state index contributed by atoms with van der Waals surface area (Å²) in [6.45, 7) is 6.13. The first-order valence-electron chi connectivity index (χ1n) is 7.38. The lowest BCUT2D eigenvalue weighted by Crippen LogP contribution is -2.35. The Kier molecular flexibility index (Phi) is 4.15. The van der Waals surface area contributed by atoms with Gasteiger partial charge in [0, 0.05) is 37.6 Å². The monoisotopic (exact) mass is 289 g/mol. The second-order valence-corrected chi connectivity index (χ2v) is 5.27. The first-order chi connectivity index (χ1) is 10.3. The Morgan fingerprint density at radius 2 is 2.24 bits per heavy atom. The Morgan fingerprint density at radius 3 is 3.10 bits per heavy atom. The molecule has 21 heavy (non-hydrogen) atoms. The summed E-state index contributed by atoms with van der Waals surface area (Å²) in [5, 5.41) is 3.32. The van der Waals surface area contributed by atoms with Gasteiger partial charge >= 0.3 is 0 Å². The van der Waals surface area contributed by atoms with Gasteiger partial charge in [0.2, 0.25) is 0 Å². The molecule has 0 aromatic carbocycles. The molecule has 1 aliphatic rings. The molecule has 112 valence electrons. The van der Waals surface area contributed by atoms with Crippen LogP contribution in [0.5, 0.6) is 0 Å². The topological polar surface area (TPSA) is 46.0 Å².